The first-order valence-corrected chi connectivity index (χ1v) is 9.67. The number of benzene rings is 2. The second-order valence-electron chi connectivity index (χ2n) is 7.17. The third-order valence-electron chi connectivity index (χ3n) is 5.16. The Morgan fingerprint density at radius 2 is 1.76 bits per heavy atom. The van der Waals surface area contributed by atoms with E-state index < -0.39 is 5.60 Å². The number of ether oxygens (including phenoxy) is 3. The van der Waals surface area contributed by atoms with Gasteiger partial charge >= 0.3 is 6.09 Å². The fraction of sp³-hybridized carbons (Fsp3) is 0.409. The van der Waals surface area contributed by atoms with Crippen LogP contribution in [0.15, 0.2) is 48.5 Å². The molecule has 1 fully saturated rings. The summed E-state index contributed by atoms with van der Waals surface area (Å²) in [5.41, 5.74) is 0.901. The Balaban J connectivity index is 1.47. The molecule has 0 unspecified atom stereocenters. The number of methoxy groups -OCH3 is 2. The molecule has 7 nitrogen and oxygen atoms in total. The highest BCUT2D eigenvalue weighted by atomic mass is 16.6. The Labute approximate surface area is 171 Å². The number of anilines is 1. The molecule has 29 heavy (non-hydrogen) atoms. The van der Waals surface area contributed by atoms with Gasteiger partial charge in [-0.15, -0.1) is 0 Å². The van der Waals surface area contributed by atoms with Crippen LogP contribution in [0, 0.1) is 0 Å². The lowest BCUT2D eigenvalue weighted by molar-refractivity contribution is -0.0110. The van der Waals surface area contributed by atoms with Crippen molar-refractivity contribution in [1.29, 1.82) is 0 Å². The zero-order chi connectivity index (χ0) is 20.7. The number of nitrogens with zero attached hydrogens (tertiary/aromatic N) is 1. The first kappa shape index (κ1) is 20.8. The minimum Gasteiger partial charge on any atom is -0.493 e. The lowest BCUT2D eigenvalue weighted by atomic mass is 9.91. The summed E-state index contributed by atoms with van der Waals surface area (Å²) in [6.07, 6.45) is 0.616. The molecule has 1 aliphatic rings. The van der Waals surface area contributed by atoms with Crippen molar-refractivity contribution in [2.75, 3.05) is 39.2 Å². The van der Waals surface area contributed by atoms with Crippen molar-refractivity contribution < 1.29 is 24.1 Å². The number of carbonyl (C=O) groups excluding carboxylic acids is 1. The van der Waals surface area contributed by atoms with Crippen LogP contribution in [0.2, 0.25) is 0 Å². The number of rotatable bonds is 7. The molecule has 1 saturated heterocycles. The second-order valence-corrected chi connectivity index (χ2v) is 7.17. The van der Waals surface area contributed by atoms with E-state index >= 15 is 0 Å². The number of hydrogen-bond donors (Lipinski definition) is 2. The summed E-state index contributed by atoms with van der Waals surface area (Å²) in [5.74, 6) is 1.28. The van der Waals surface area contributed by atoms with Crippen LogP contribution in [-0.2, 0) is 11.3 Å². The summed E-state index contributed by atoms with van der Waals surface area (Å²) in [4.78, 5) is 13.9. The van der Waals surface area contributed by atoms with Crippen LogP contribution in [-0.4, -0.2) is 55.6 Å². The van der Waals surface area contributed by atoms with Crippen molar-refractivity contribution in [3.63, 3.8) is 0 Å². The molecule has 156 valence electrons. The van der Waals surface area contributed by atoms with E-state index in [1.165, 1.54) is 0 Å². The van der Waals surface area contributed by atoms with Crippen LogP contribution >= 0.6 is 0 Å². The van der Waals surface area contributed by atoms with Crippen LogP contribution in [0.5, 0.6) is 11.5 Å². The van der Waals surface area contributed by atoms with Gasteiger partial charge in [0.05, 0.1) is 19.8 Å². The van der Waals surface area contributed by atoms with Gasteiger partial charge in [-0.2, -0.15) is 0 Å². The molecule has 0 spiro atoms. The minimum absolute atomic E-state index is 0.251. The molecule has 0 bridgehead atoms. The molecule has 0 radical (unpaired) electrons. The van der Waals surface area contributed by atoms with Gasteiger partial charge in [-0.3, -0.25) is 0 Å². The van der Waals surface area contributed by atoms with E-state index in [2.05, 4.69) is 5.32 Å². The molecule has 2 aromatic rings. The van der Waals surface area contributed by atoms with Crippen LogP contribution in [0.3, 0.4) is 0 Å². The summed E-state index contributed by atoms with van der Waals surface area (Å²) >= 11 is 0. The van der Waals surface area contributed by atoms with E-state index in [0.29, 0.717) is 44.0 Å². The molecule has 1 amide bonds. The quantitative estimate of drug-likeness (QED) is 0.743. The third kappa shape index (κ3) is 5.54. The van der Waals surface area contributed by atoms with Crippen molar-refractivity contribution in [2.24, 2.45) is 0 Å². The predicted molar refractivity (Wildman–Crippen MR) is 110 cm³/mol. The Morgan fingerprint density at radius 1 is 1.07 bits per heavy atom. The number of likely N-dealkylation sites (tertiary alicyclic amines) is 1. The largest absolute Gasteiger partial charge is 0.493 e. The smallest absolute Gasteiger partial charge is 0.410 e. The maximum atomic E-state index is 12.3. The van der Waals surface area contributed by atoms with E-state index in [9.17, 15) is 9.90 Å². The van der Waals surface area contributed by atoms with Crippen LogP contribution in [0.25, 0.3) is 0 Å². The topological polar surface area (TPSA) is 80.3 Å². The zero-order valence-corrected chi connectivity index (χ0v) is 16.9. The number of aliphatic hydroxyl groups is 1. The van der Waals surface area contributed by atoms with Crippen molar-refractivity contribution in [2.45, 2.75) is 25.0 Å². The summed E-state index contributed by atoms with van der Waals surface area (Å²) in [5, 5.41) is 14.1. The van der Waals surface area contributed by atoms with E-state index in [-0.39, 0.29) is 12.7 Å². The van der Waals surface area contributed by atoms with Gasteiger partial charge in [0.25, 0.3) is 0 Å². The third-order valence-corrected chi connectivity index (χ3v) is 5.16. The normalized spacial score (nSPS) is 15.5. The average Bonchev–Trinajstić information content (AvgIpc) is 2.77. The molecule has 1 heterocycles. The highest BCUT2D eigenvalue weighted by Gasteiger charge is 2.34. The first-order valence-electron chi connectivity index (χ1n) is 9.67. The summed E-state index contributed by atoms with van der Waals surface area (Å²) in [7, 11) is 3.17. The highest BCUT2D eigenvalue weighted by Crippen LogP contribution is 2.30. The number of amides is 1. The molecule has 0 aromatic heterocycles. The van der Waals surface area contributed by atoms with Crippen molar-refractivity contribution in [3.8, 4) is 11.5 Å². The summed E-state index contributed by atoms with van der Waals surface area (Å²) < 4.78 is 15.9. The van der Waals surface area contributed by atoms with Crippen molar-refractivity contribution >= 4 is 11.8 Å². The lowest BCUT2D eigenvalue weighted by Crippen LogP contribution is -2.50. The maximum absolute atomic E-state index is 12.3. The minimum atomic E-state index is -0.886. The fourth-order valence-corrected chi connectivity index (χ4v) is 3.31. The monoisotopic (exact) mass is 400 g/mol. The second kappa shape index (κ2) is 9.52. The molecule has 3 rings (SSSR count). The van der Waals surface area contributed by atoms with Crippen molar-refractivity contribution in [3.05, 3.63) is 54.1 Å². The summed E-state index contributed by atoms with van der Waals surface area (Å²) in [6, 6.07) is 15.1. The molecule has 0 saturated carbocycles. The lowest BCUT2D eigenvalue weighted by Gasteiger charge is -2.37. The first-order chi connectivity index (χ1) is 14.0. The molecule has 7 heteroatoms. The number of carbonyl (C=O) groups is 1. The van der Waals surface area contributed by atoms with E-state index in [4.69, 9.17) is 14.2 Å². The Morgan fingerprint density at radius 3 is 2.41 bits per heavy atom. The van der Waals surface area contributed by atoms with Crippen LogP contribution in [0.1, 0.15) is 18.4 Å². The maximum Gasteiger partial charge on any atom is 0.410 e. The molecule has 0 atom stereocenters. The Hall–Kier alpha value is -2.93. The van der Waals surface area contributed by atoms with Crippen molar-refractivity contribution in [1.82, 2.24) is 4.90 Å². The predicted octanol–water partition coefficient (Wildman–Crippen LogP) is 3.28. The summed E-state index contributed by atoms with van der Waals surface area (Å²) in [6.45, 7) is 1.55. The van der Waals surface area contributed by atoms with E-state index in [1.807, 2.05) is 48.5 Å². The van der Waals surface area contributed by atoms with E-state index in [1.54, 1.807) is 19.1 Å². The standard InChI is InChI=1S/C22H28N2O5/c1-27-19-9-8-18(14-20(19)28-2)23-16-22(26)10-12-24(13-11-22)21(25)29-15-17-6-4-3-5-7-17/h3-9,14,23,26H,10-13,15-16H2,1-2H3. The molecule has 0 aliphatic carbocycles. The Bertz CT molecular complexity index is 804. The van der Waals surface area contributed by atoms with Gasteiger partial charge in [-0.1, -0.05) is 30.3 Å². The van der Waals surface area contributed by atoms with Gasteiger partial charge in [-0.05, 0) is 30.5 Å². The molecular formula is C22H28N2O5. The zero-order valence-electron chi connectivity index (χ0n) is 16.9. The molecule has 2 N–H and O–H groups in total. The van der Waals surface area contributed by atoms with Gasteiger partial charge in [0, 0.05) is 31.4 Å². The van der Waals surface area contributed by atoms with Gasteiger partial charge in [0.15, 0.2) is 11.5 Å². The van der Waals surface area contributed by atoms with Crippen LogP contribution in [0.4, 0.5) is 10.5 Å². The van der Waals surface area contributed by atoms with Gasteiger partial charge in [0.2, 0.25) is 0 Å². The SMILES string of the molecule is COc1ccc(NCC2(O)CCN(C(=O)OCc3ccccc3)CC2)cc1OC. The van der Waals surface area contributed by atoms with Gasteiger partial charge in [-0.25, -0.2) is 4.79 Å². The van der Waals surface area contributed by atoms with Gasteiger partial charge in [0.1, 0.15) is 6.61 Å². The Kier molecular flexibility index (Phi) is 6.82. The molecule has 1 aliphatic heterocycles. The molecule has 2 aromatic carbocycles. The number of piperidine rings is 1. The highest BCUT2D eigenvalue weighted by molar-refractivity contribution is 5.67. The number of hydrogen-bond acceptors (Lipinski definition) is 6. The van der Waals surface area contributed by atoms with Gasteiger partial charge < -0.3 is 29.5 Å². The average molecular weight is 400 g/mol. The number of nitrogens with one attached hydrogen (secondary N) is 1. The molecular weight excluding hydrogens is 372 g/mol. The van der Waals surface area contributed by atoms with Crippen LogP contribution < -0.4 is 14.8 Å². The van der Waals surface area contributed by atoms with E-state index in [0.717, 1.165) is 11.3 Å². The fourth-order valence-electron chi connectivity index (χ4n) is 3.31.